The number of imide groups is 1. The fourth-order valence-corrected chi connectivity index (χ4v) is 3.30. The molecule has 2 aromatic rings. The lowest BCUT2D eigenvalue weighted by Crippen LogP contribution is -2.31. The van der Waals surface area contributed by atoms with Crippen molar-refractivity contribution in [3.8, 4) is 0 Å². The van der Waals surface area contributed by atoms with Gasteiger partial charge in [-0.1, -0.05) is 42.5 Å². The van der Waals surface area contributed by atoms with E-state index in [2.05, 4.69) is 5.32 Å². The highest BCUT2D eigenvalue weighted by atomic mass is 32.2. The summed E-state index contributed by atoms with van der Waals surface area (Å²) in [6.07, 6.45) is 5.11. The highest BCUT2D eigenvalue weighted by Gasteiger charge is 2.34. The summed E-state index contributed by atoms with van der Waals surface area (Å²) in [7, 11) is 0. The van der Waals surface area contributed by atoms with E-state index in [0.29, 0.717) is 10.6 Å². The van der Waals surface area contributed by atoms with Gasteiger partial charge in [0.15, 0.2) is 0 Å². The first kappa shape index (κ1) is 19.6. The predicted octanol–water partition coefficient (Wildman–Crippen LogP) is 4.45. The Labute approximate surface area is 165 Å². The SMILES string of the molecule is O=C(CCN1C(=O)S/C(=C\C=C\c2ccccc2)C1=O)Nc1ccc(F)cc1. The molecule has 1 heterocycles. The van der Waals surface area contributed by atoms with E-state index in [1.807, 2.05) is 36.4 Å². The van der Waals surface area contributed by atoms with E-state index >= 15 is 0 Å². The summed E-state index contributed by atoms with van der Waals surface area (Å²) in [6, 6.07) is 14.9. The van der Waals surface area contributed by atoms with Gasteiger partial charge in [0, 0.05) is 18.7 Å². The summed E-state index contributed by atoms with van der Waals surface area (Å²) < 4.78 is 12.9. The normalized spacial score (nSPS) is 15.6. The van der Waals surface area contributed by atoms with Crippen molar-refractivity contribution in [1.29, 1.82) is 0 Å². The standard InChI is InChI=1S/C21H17FN2O3S/c22-16-9-11-17(12-10-16)23-19(25)13-14-24-20(26)18(28-21(24)27)8-4-7-15-5-2-1-3-6-15/h1-12H,13-14H2,(H,23,25)/b7-4+,18-8-. The molecule has 142 valence electrons. The summed E-state index contributed by atoms with van der Waals surface area (Å²) >= 11 is 0.848. The van der Waals surface area contributed by atoms with E-state index in [1.54, 1.807) is 12.2 Å². The van der Waals surface area contributed by atoms with E-state index < -0.39 is 17.0 Å². The van der Waals surface area contributed by atoms with Crippen molar-refractivity contribution in [2.75, 3.05) is 11.9 Å². The number of allylic oxidation sites excluding steroid dienone is 2. The number of carbonyl (C=O) groups is 3. The average molecular weight is 396 g/mol. The highest BCUT2D eigenvalue weighted by Crippen LogP contribution is 2.30. The van der Waals surface area contributed by atoms with Crippen LogP contribution in [0.5, 0.6) is 0 Å². The second kappa shape index (κ2) is 9.14. The third-order valence-electron chi connectivity index (χ3n) is 3.90. The molecule has 1 aliphatic rings. The first-order valence-electron chi connectivity index (χ1n) is 8.55. The zero-order valence-corrected chi connectivity index (χ0v) is 15.6. The number of hydrogen-bond donors (Lipinski definition) is 1. The number of benzene rings is 2. The van der Waals surface area contributed by atoms with Crippen LogP contribution in [0.3, 0.4) is 0 Å². The number of halogens is 1. The predicted molar refractivity (Wildman–Crippen MR) is 108 cm³/mol. The molecule has 3 rings (SSSR count). The zero-order valence-electron chi connectivity index (χ0n) is 14.8. The molecule has 0 atom stereocenters. The van der Waals surface area contributed by atoms with Crippen molar-refractivity contribution in [1.82, 2.24) is 4.90 Å². The largest absolute Gasteiger partial charge is 0.326 e. The maximum atomic E-state index is 12.9. The molecule has 3 amide bonds. The van der Waals surface area contributed by atoms with E-state index in [4.69, 9.17) is 0 Å². The zero-order chi connectivity index (χ0) is 19.9. The molecule has 0 saturated carbocycles. The smallest absolute Gasteiger partial charge is 0.293 e. The van der Waals surface area contributed by atoms with Crippen molar-refractivity contribution in [3.05, 3.63) is 83.0 Å². The molecule has 0 radical (unpaired) electrons. The molecule has 28 heavy (non-hydrogen) atoms. The van der Waals surface area contributed by atoms with Crippen molar-refractivity contribution in [2.24, 2.45) is 0 Å². The van der Waals surface area contributed by atoms with Gasteiger partial charge in [-0.15, -0.1) is 0 Å². The lowest BCUT2D eigenvalue weighted by Gasteiger charge is -2.12. The average Bonchev–Trinajstić information content (AvgIpc) is 2.96. The van der Waals surface area contributed by atoms with Gasteiger partial charge in [0.1, 0.15) is 5.82 Å². The first-order valence-corrected chi connectivity index (χ1v) is 9.37. The van der Waals surface area contributed by atoms with Crippen molar-refractivity contribution in [2.45, 2.75) is 6.42 Å². The minimum absolute atomic E-state index is 0.0164. The van der Waals surface area contributed by atoms with Gasteiger partial charge in [-0.3, -0.25) is 19.3 Å². The fraction of sp³-hybridized carbons (Fsp3) is 0.0952. The second-order valence-corrected chi connectivity index (χ2v) is 6.92. The summed E-state index contributed by atoms with van der Waals surface area (Å²) in [4.78, 5) is 37.8. The minimum Gasteiger partial charge on any atom is -0.326 e. The summed E-state index contributed by atoms with van der Waals surface area (Å²) in [5.74, 6) is -1.18. The Morgan fingerprint density at radius 3 is 2.50 bits per heavy atom. The number of hydrogen-bond acceptors (Lipinski definition) is 4. The quantitative estimate of drug-likeness (QED) is 0.733. The number of amides is 3. The minimum atomic E-state index is -0.415. The molecular weight excluding hydrogens is 379 g/mol. The molecular formula is C21H17FN2O3S. The molecule has 2 aromatic carbocycles. The third kappa shape index (κ3) is 5.17. The van der Waals surface area contributed by atoms with E-state index in [9.17, 15) is 18.8 Å². The van der Waals surface area contributed by atoms with Gasteiger partial charge in [-0.2, -0.15) is 0 Å². The van der Waals surface area contributed by atoms with Gasteiger partial charge in [-0.05, 0) is 47.7 Å². The molecule has 7 heteroatoms. The van der Waals surface area contributed by atoms with Crippen molar-refractivity contribution in [3.63, 3.8) is 0 Å². The van der Waals surface area contributed by atoms with Crippen molar-refractivity contribution < 1.29 is 18.8 Å². The summed E-state index contributed by atoms with van der Waals surface area (Å²) in [5, 5.41) is 2.20. The van der Waals surface area contributed by atoms with Crippen LogP contribution in [0.2, 0.25) is 0 Å². The fourth-order valence-electron chi connectivity index (χ4n) is 2.49. The molecule has 0 unspecified atom stereocenters. The number of nitrogens with one attached hydrogen (secondary N) is 1. The van der Waals surface area contributed by atoms with Crippen LogP contribution in [-0.2, 0) is 9.59 Å². The number of rotatable bonds is 6. The Balaban J connectivity index is 1.54. The van der Waals surface area contributed by atoms with Gasteiger partial charge >= 0.3 is 0 Å². The molecule has 0 spiro atoms. The molecule has 1 N–H and O–H groups in total. The monoisotopic (exact) mass is 396 g/mol. The molecule has 5 nitrogen and oxygen atoms in total. The summed E-state index contributed by atoms with van der Waals surface area (Å²) in [5.41, 5.74) is 1.43. The van der Waals surface area contributed by atoms with Crippen LogP contribution < -0.4 is 5.32 Å². The molecule has 1 saturated heterocycles. The Bertz CT molecular complexity index is 940. The van der Waals surface area contributed by atoms with E-state index in [1.165, 1.54) is 24.3 Å². The Morgan fingerprint density at radius 1 is 1.07 bits per heavy atom. The van der Waals surface area contributed by atoms with Gasteiger partial charge in [0.25, 0.3) is 11.1 Å². The molecule has 1 fully saturated rings. The number of carbonyl (C=O) groups excluding carboxylic acids is 3. The summed E-state index contributed by atoms with van der Waals surface area (Å²) in [6.45, 7) is -0.0164. The maximum absolute atomic E-state index is 12.9. The van der Waals surface area contributed by atoms with Crippen LogP contribution in [0.4, 0.5) is 14.9 Å². The van der Waals surface area contributed by atoms with Crippen LogP contribution in [0.1, 0.15) is 12.0 Å². The first-order chi connectivity index (χ1) is 13.5. The highest BCUT2D eigenvalue weighted by molar-refractivity contribution is 8.18. The molecule has 0 aromatic heterocycles. The van der Waals surface area contributed by atoms with Crippen LogP contribution in [-0.4, -0.2) is 28.5 Å². The lowest BCUT2D eigenvalue weighted by molar-refractivity contribution is -0.123. The van der Waals surface area contributed by atoms with Gasteiger partial charge < -0.3 is 5.32 Å². The number of anilines is 1. The van der Waals surface area contributed by atoms with Gasteiger partial charge in [0.2, 0.25) is 5.91 Å². The lowest BCUT2D eigenvalue weighted by atomic mass is 10.2. The van der Waals surface area contributed by atoms with E-state index in [-0.39, 0.29) is 18.9 Å². The second-order valence-electron chi connectivity index (χ2n) is 5.93. The Morgan fingerprint density at radius 2 is 1.79 bits per heavy atom. The van der Waals surface area contributed by atoms with Gasteiger partial charge in [0.05, 0.1) is 4.91 Å². The van der Waals surface area contributed by atoms with Crippen LogP contribution in [0, 0.1) is 5.82 Å². The topological polar surface area (TPSA) is 66.5 Å². The van der Waals surface area contributed by atoms with Gasteiger partial charge in [-0.25, -0.2) is 4.39 Å². The maximum Gasteiger partial charge on any atom is 0.293 e. The Kier molecular flexibility index (Phi) is 6.39. The van der Waals surface area contributed by atoms with Crippen LogP contribution in [0.15, 0.2) is 71.7 Å². The molecule has 0 bridgehead atoms. The van der Waals surface area contributed by atoms with Crippen molar-refractivity contribution >= 4 is 40.6 Å². The van der Waals surface area contributed by atoms with Crippen LogP contribution in [0.25, 0.3) is 6.08 Å². The molecule has 1 aliphatic heterocycles. The molecule has 0 aliphatic carbocycles. The van der Waals surface area contributed by atoms with Crippen LogP contribution >= 0.6 is 11.8 Å². The van der Waals surface area contributed by atoms with E-state index in [0.717, 1.165) is 22.2 Å². The number of nitrogens with zero attached hydrogens (tertiary/aromatic N) is 1. The number of thioether (sulfide) groups is 1. The third-order valence-corrected chi connectivity index (χ3v) is 4.83. The Hall–Kier alpha value is -3.19.